The van der Waals surface area contributed by atoms with Crippen LogP contribution in [0.4, 0.5) is 0 Å². The molecule has 1 heterocycles. The lowest BCUT2D eigenvalue weighted by molar-refractivity contribution is -0.136. The van der Waals surface area contributed by atoms with Gasteiger partial charge in [-0.25, -0.2) is 0 Å². The summed E-state index contributed by atoms with van der Waals surface area (Å²) in [6, 6.07) is 0. The lowest BCUT2D eigenvalue weighted by Gasteiger charge is -2.34. The number of amides is 1. The molecule has 0 aromatic rings. The number of nitrogens with two attached hydrogens (primary N) is 1. The number of methoxy groups -OCH3 is 1. The number of carbonyl (C=O) groups excluding carboxylic acids is 1. The van der Waals surface area contributed by atoms with Gasteiger partial charge in [0.1, 0.15) is 5.92 Å². The second-order valence-corrected chi connectivity index (χ2v) is 5.47. The van der Waals surface area contributed by atoms with Crippen LogP contribution in [0.1, 0.15) is 26.7 Å². The molecule has 1 rings (SSSR count). The Hall–Kier alpha value is -1.30. The number of hydrogen-bond donors (Lipinski definition) is 2. The molecule has 1 fully saturated rings. The smallest absolute Gasteiger partial charge is 0.233 e. The quantitative estimate of drug-likeness (QED) is 0.336. The number of likely N-dealkylation sites (tertiary alicyclic amines) is 1. The summed E-state index contributed by atoms with van der Waals surface area (Å²) in [5.41, 5.74) is 5.63. The summed E-state index contributed by atoms with van der Waals surface area (Å²) in [6.45, 7) is 5.98. The molecule has 0 bridgehead atoms. The highest BCUT2D eigenvalue weighted by Crippen LogP contribution is 2.21. The second-order valence-electron chi connectivity index (χ2n) is 5.47. The normalized spacial score (nSPS) is 19.8. The summed E-state index contributed by atoms with van der Waals surface area (Å²) in [4.78, 5) is 14.2. The Bertz CT molecular complexity index is 323. The Morgan fingerprint density at radius 1 is 1.47 bits per heavy atom. The maximum Gasteiger partial charge on any atom is 0.233 e. The van der Waals surface area contributed by atoms with E-state index in [1.807, 2.05) is 18.7 Å². The first-order valence-electron chi connectivity index (χ1n) is 6.76. The van der Waals surface area contributed by atoms with Gasteiger partial charge in [-0.05, 0) is 24.7 Å². The number of carbonyl (C=O) groups is 1. The fraction of sp³-hybridized carbons (Fsp3) is 0.846. The highest BCUT2D eigenvalue weighted by Gasteiger charge is 2.32. The first-order valence-corrected chi connectivity index (χ1v) is 6.76. The van der Waals surface area contributed by atoms with Crippen LogP contribution in [0.5, 0.6) is 0 Å². The molecular weight excluding hydrogens is 246 g/mol. The van der Waals surface area contributed by atoms with Gasteiger partial charge in [0.15, 0.2) is 5.84 Å². The second kappa shape index (κ2) is 7.33. The van der Waals surface area contributed by atoms with Gasteiger partial charge in [0.2, 0.25) is 5.91 Å². The first-order chi connectivity index (χ1) is 9.01. The summed E-state index contributed by atoms with van der Waals surface area (Å²) < 4.78 is 5.14. The minimum Gasteiger partial charge on any atom is -0.409 e. The summed E-state index contributed by atoms with van der Waals surface area (Å²) >= 11 is 0. The molecular formula is C13H25N3O3. The van der Waals surface area contributed by atoms with Crippen LogP contribution in [0.25, 0.3) is 0 Å². The van der Waals surface area contributed by atoms with E-state index in [0.717, 1.165) is 32.5 Å². The van der Waals surface area contributed by atoms with Crippen LogP contribution in [0.15, 0.2) is 5.16 Å². The lowest BCUT2D eigenvalue weighted by Crippen LogP contribution is -2.47. The van der Waals surface area contributed by atoms with Crippen LogP contribution in [0.3, 0.4) is 0 Å². The molecule has 1 aliphatic rings. The highest BCUT2D eigenvalue weighted by molar-refractivity contribution is 6.02. The molecule has 1 saturated heterocycles. The van der Waals surface area contributed by atoms with Crippen molar-refractivity contribution in [1.82, 2.24) is 4.90 Å². The summed E-state index contributed by atoms with van der Waals surface area (Å²) in [6.07, 6.45) is 1.89. The molecule has 0 radical (unpaired) electrons. The van der Waals surface area contributed by atoms with E-state index in [2.05, 4.69) is 5.16 Å². The van der Waals surface area contributed by atoms with Gasteiger partial charge < -0.3 is 20.6 Å². The standard InChI is InChI=1S/C13H25N3O3/c1-9(2)11(12(14)15-18)13(17)16-6-4-10(5-7-16)8-19-3/h9-11,18H,4-8H2,1-3H3,(H2,14,15). The van der Waals surface area contributed by atoms with Crippen molar-refractivity contribution in [3.05, 3.63) is 0 Å². The van der Waals surface area contributed by atoms with Crippen molar-refractivity contribution in [2.75, 3.05) is 26.8 Å². The first kappa shape index (κ1) is 15.8. The van der Waals surface area contributed by atoms with E-state index >= 15 is 0 Å². The maximum absolute atomic E-state index is 12.4. The summed E-state index contributed by atoms with van der Waals surface area (Å²) in [5.74, 6) is -0.0420. The van der Waals surface area contributed by atoms with E-state index < -0.39 is 5.92 Å². The van der Waals surface area contributed by atoms with Crippen molar-refractivity contribution in [2.24, 2.45) is 28.6 Å². The van der Waals surface area contributed by atoms with Crippen molar-refractivity contribution >= 4 is 11.7 Å². The molecule has 1 atom stereocenters. The summed E-state index contributed by atoms with van der Waals surface area (Å²) in [7, 11) is 1.70. The zero-order valence-electron chi connectivity index (χ0n) is 12.0. The van der Waals surface area contributed by atoms with E-state index in [-0.39, 0.29) is 17.7 Å². The number of piperidine rings is 1. The number of oxime groups is 1. The number of rotatable bonds is 5. The molecule has 0 aromatic heterocycles. The molecule has 1 amide bonds. The number of nitrogens with zero attached hydrogens (tertiary/aromatic N) is 2. The fourth-order valence-electron chi connectivity index (χ4n) is 2.57. The predicted molar refractivity (Wildman–Crippen MR) is 72.9 cm³/mol. The Kier molecular flexibility index (Phi) is 6.08. The van der Waals surface area contributed by atoms with Crippen molar-refractivity contribution in [2.45, 2.75) is 26.7 Å². The third kappa shape index (κ3) is 4.09. The lowest BCUT2D eigenvalue weighted by atomic mass is 9.91. The molecule has 19 heavy (non-hydrogen) atoms. The van der Waals surface area contributed by atoms with Crippen molar-refractivity contribution in [3.8, 4) is 0 Å². The van der Waals surface area contributed by atoms with Gasteiger partial charge in [-0.2, -0.15) is 0 Å². The molecule has 6 heteroatoms. The van der Waals surface area contributed by atoms with Gasteiger partial charge in [-0.1, -0.05) is 19.0 Å². The van der Waals surface area contributed by atoms with E-state index in [1.165, 1.54) is 0 Å². The van der Waals surface area contributed by atoms with Gasteiger partial charge in [-0.3, -0.25) is 4.79 Å². The Balaban J connectivity index is 2.62. The van der Waals surface area contributed by atoms with E-state index in [0.29, 0.717) is 5.92 Å². The number of ether oxygens (including phenoxy) is 1. The van der Waals surface area contributed by atoms with E-state index in [4.69, 9.17) is 15.7 Å². The van der Waals surface area contributed by atoms with Crippen LogP contribution in [-0.2, 0) is 9.53 Å². The zero-order chi connectivity index (χ0) is 14.4. The molecule has 1 unspecified atom stereocenters. The topological polar surface area (TPSA) is 88.2 Å². The molecule has 6 nitrogen and oxygen atoms in total. The van der Waals surface area contributed by atoms with Crippen LogP contribution < -0.4 is 5.73 Å². The van der Waals surface area contributed by atoms with Gasteiger partial charge in [0.25, 0.3) is 0 Å². The Labute approximate surface area is 114 Å². The molecule has 110 valence electrons. The molecule has 1 aliphatic heterocycles. The van der Waals surface area contributed by atoms with Gasteiger partial charge in [0.05, 0.1) is 0 Å². The Morgan fingerprint density at radius 2 is 2.05 bits per heavy atom. The van der Waals surface area contributed by atoms with Gasteiger partial charge in [-0.15, -0.1) is 0 Å². The van der Waals surface area contributed by atoms with Crippen LogP contribution in [-0.4, -0.2) is 48.7 Å². The van der Waals surface area contributed by atoms with Crippen LogP contribution in [0.2, 0.25) is 0 Å². The van der Waals surface area contributed by atoms with Crippen molar-refractivity contribution in [3.63, 3.8) is 0 Å². The zero-order valence-corrected chi connectivity index (χ0v) is 12.0. The SMILES string of the molecule is COCC1CCN(C(=O)C(C(N)=NO)C(C)C)CC1. The van der Waals surface area contributed by atoms with Crippen LogP contribution in [0, 0.1) is 17.8 Å². The fourth-order valence-corrected chi connectivity index (χ4v) is 2.57. The van der Waals surface area contributed by atoms with Gasteiger partial charge >= 0.3 is 0 Å². The minimum atomic E-state index is -0.538. The monoisotopic (exact) mass is 271 g/mol. The third-order valence-electron chi connectivity index (χ3n) is 3.70. The maximum atomic E-state index is 12.4. The predicted octanol–water partition coefficient (Wildman–Crippen LogP) is 0.890. The third-order valence-corrected chi connectivity index (χ3v) is 3.70. The number of hydrogen-bond acceptors (Lipinski definition) is 4. The van der Waals surface area contributed by atoms with Crippen molar-refractivity contribution in [1.29, 1.82) is 0 Å². The molecule has 0 saturated carbocycles. The Morgan fingerprint density at radius 3 is 2.47 bits per heavy atom. The minimum absolute atomic E-state index is 0.000912. The molecule has 3 N–H and O–H groups in total. The van der Waals surface area contributed by atoms with E-state index in [9.17, 15) is 4.79 Å². The average molecular weight is 271 g/mol. The number of amidine groups is 1. The average Bonchev–Trinajstić information content (AvgIpc) is 2.39. The largest absolute Gasteiger partial charge is 0.409 e. The van der Waals surface area contributed by atoms with E-state index in [1.54, 1.807) is 7.11 Å². The highest BCUT2D eigenvalue weighted by atomic mass is 16.5. The van der Waals surface area contributed by atoms with Gasteiger partial charge in [0, 0.05) is 26.8 Å². The molecule has 0 spiro atoms. The molecule has 0 aromatic carbocycles. The van der Waals surface area contributed by atoms with Crippen LogP contribution >= 0.6 is 0 Å². The van der Waals surface area contributed by atoms with Crippen molar-refractivity contribution < 1.29 is 14.7 Å². The molecule has 0 aliphatic carbocycles. The summed E-state index contributed by atoms with van der Waals surface area (Å²) in [5, 5.41) is 11.8.